The summed E-state index contributed by atoms with van der Waals surface area (Å²) in [6.07, 6.45) is 0. The topological polar surface area (TPSA) is 91.8 Å². The van der Waals surface area contributed by atoms with Gasteiger partial charge in [-0.3, -0.25) is 4.79 Å². The Kier molecular flexibility index (Phi) is 7.97. The van der Waals surface area contributed by atoms with Crippen molar-refractivity contribution < 1.29 is 14.3 Å². The van der Waals surface area contributed by atoms with Gasteiger partial charge in [0.05, 0.1) is 28.4 Å². The van der Waals surface area contributed by atoms with Crippen LogP contribution in [-0.4, -0.2) is 29.8 Å². The Balaban J connectivity index is 1.50. The molecule has 2 aliphatic rings. The molecule has 1 atom stereocenters. The zero-order valence-corrected chi connectivity index (χ0v) is 23.4. The molecule has 3 aromatic carbocycles. The van der Waals surface area contributed by atoms with Crippen LogP contribution >= 0.6 is 35.0 Å². The molecule has 3 amide bonds. The number of aliphatic imine (C=N–C) groups is 1. The number of nitrogens with one attached hydrogen (secondary N) is 3. The van der Waals surface area contributed by atoms with Gasteiger partial charge in [-0.2, -0.15) is 0 Å². The molecule has 10 heteroatoms. The van der Waals surface area contributed by atoms with Crippen molar-refractivity contribution in [2.45, 2.75) is 12.8 Å². The number of para-hydroxylation sites is 2. The monoisotopic (exact) mass is 578 g/mol. The second kappa shape index (κ2) is 11.6. The van der Waals surface area contributed by atoms with Crippen molar-refractivity contribution in [2.24, 2.45) is 4.99 Å². The molecule has 0 aliphatic carbocycles. The van der Waals surface area contributed by atoms with Crippen LogP contribution in [0.5, 0.6) is 5.75 Å². The van der Waals surface area contributed by atoms with E-state index < -0.39 is 11.9 Å². The van der Waals surface area contributed by atoms with Crippen molar-refractivity contribution >= 4 is 63.3 Å². The van der Waals surface area contributed by atoms with Gasteiger partial charge in [0.1, 0.15) is 10.8 Å². The normalized spacial score (nSPS) is 16.4. The van der Waals surface area contributed by atoms with Crippen LogP contribution in [0.2, 0.25) is 10.0 Å². The van der Waals surface area contributed by atoms with Gasteiger partial charge in [0.2, 0.25) is 0 Å². The van der Waals surface area contributed by atoms with Crippen molar-refractivity contribution in [1.29, 1.82) is 0 Å². The molecule has 0 saturated carbocycles. The molecule has 39 heavy (non-hydrogen) atoms. The second-order valence-electron chi connectivity index (χ2n) is 8.80. The Morgan fingerprint density at radius 1 is 0.949 bits per heavy atom. The molecule has 0 saturated heterocycles. The third-order valence-electron chi connectivity index (χ3n) is 6.32. The SMILES string of the molecule is COc1ccccc1NC(=O)C1=C(C)N=C2SCC(NC(=O)Nc3ccc(Cl)c(Cl)c3)=C2C1c1ccccc1. The van der Waals surface area contributed by atoms with Crippen LogP contribution in [0.4, 0.5) is 16.2 Å². The number of ether oxygens (including phenoxy) is 1. The van der Waals surface area contributed by atoms with Crippen LogP contribution in [0.3, 0.4) is 0 Å². The first-order valence-electron chi connectivity index (χ1n) is 12.0. The van der Waals surface area contributed by atoms with E-state index in [-0.39, 0.29) is 5.91 Å². The Labute approximate surface area is 240 Å². The smallest absolute Gasteiger partial charge is 0.323 e. The number of carbonyl (C=O) groups is 2. The van der Waals surface area contributed by atoms with Gasteiger partial charge in [-0.05, 0) is 42.8 Å². The van der Waals surface area contributed by atoms with Crippen molar-refractivity contribution in [3.05, 3.63) is 111 Å². The van der Waals surface area contributed by atoms with E-state index >= 15 is 0 Å². The predicted octanol–water partition coefficient (Wildman–Crippen LogP) is 7.23. The highest BCUT2D eigenvalue weighted by Gasteiger charge is 2.39. The van der Waals surface area contributed by atoms with Crippen LogP contribution < -0.4 is 20.7 Å². The largest absolute Gasteiger partial charge is 0.495 e. The fraction of sp³-hybridized carbons (Fsp3) is 0.138. The number of halogens is 2. The highest BCUT2D eigenvalue weighted by Crippen LogP contribution is 2.46. The number of thioether (sulfide) groups is 1. The number of rotatable bonds is 6. The lowest BCUT2D eigenvalue weighted by Crippen LogP contribution is -2.32. The van der Waals surface area contributed by atoms with Crippen molar-refractivity contribution in [3.8, 4) is 5.75 Å². The fourth-order valence-electron chi connectivity index (χ4n) is 4.57. The van der Waals surface area contributed by atoms with E-state index in [0.717, 1.165) is 16.2 Å². The summed E-state index contributed by atoms with van der Waals surface area (Å²) in [5, 5.41) is 10.3. The van der Waals surface area contributed by atoms with Gasteiger partial charge in [-0.25, -0.2) is 9.79 Å². The first kappa shape index (κ1) is 26.9. The van der Waals surface area contributed by atoms with Crippen LogP contribution in [0.15, 0.2) is 100 Å². The molecule has 5 rings (SSSR count). The maximum absolute atomic E-state index is 13.8. The number of carbonyl (C=O) groups excluding carboxylic acids is 2. The van der Waals surface area contributed by atoms with E-state index in [9.17, 15) is 9.59 Å². The summed E-state index contributed by atoms with van der Waals surface area (Å²) in [5.74, 6) is 0.319. The average molecular weight is 580 g/mol. The molecule has 0 bridgehead atoms. The zero-order valence-electron chi connectivity index (χ0n) is 21.0. The highest BCUT2D eigenvalue weighted by atomic mass is 35.5. The summed E-state index contributed by atoms with van der Waals surface area (Å²) >= 11 is 13.6. The Hall–Kier alpha value is -3.72. The Morgan fingerprint density at radius 2 is 1.69 bits per heavy atom. The number of anilines is 2. The lowest BCUT2D eigenvalue weighted by molar-refractivity contribution is -0.113. The molecule has 198 valence electrons. The Bertz CT molecular complexity index is 1550. The van der Waals surface area contributed by atoms with E-state index in [1.165, 1.54) is 11.8 Å². The molecular weight excluding hydrogens is 555 g/mol. The number of nitrogens with zero attached hydrogens (tertiary/aromatic N) is 1. The molecule has 7 nitrogen and oxygen atoms in total. The molecular formula is C29H24Cl2N4O3S. The van der Waals surface area contributed by atoms with Gasteiger partial charge in [0.15, 0.2) is 0 Å². The summed E-state index contributed by atoms with van der Waals surface area (Å²) in [4.78, 5) is 31.6. The predicted molar refractivity (Wildman–Crippen MR) is 159 cm³/mol. The average Bonchev–Trinajstić information content (AvgIpc) is 3.32. The summed E-state index contributed by atoms with van der Waals surface area (Å²) in [7, 11) is 1.56. The van der Waals surface area contributed by atoms with Crippen molar-refractivity contribution in [2.75, 3.05) is 23.5 Å². The van der Waals surface area contributed by atoms with Crippen molar-refractivity contribution in [1.82, 2.24) is 5.32 Å². The van der Waals surface area contributed by atoms with E-state index in [0.29, 0.717) is 49.9 Å². The van der Waals surface area contributed by atoms with E-state index in [4.69, 9.17) is 32.9 Å². The molecule has 0 radical (unpaired) electrons. The number of hydrogen-bond donors (Lipinski definition) is 3. The standard InChI is InChI=1S/C29H24Cl2N4O3S/c1-16-24(27(36)34-21-10-6-7-11-23(21)38-2)25(17-8-4-3-5-9-17)26-22(15-39-28(26)32-16)35-29(37)33-18-12-13-19(30)20(31)14-18/h3-14,25H,15H2,1-2H3,(H,34,36)(H2,33,35,37). The first-order valence-corrected chi connectivity index (χ1v) is 13.8. The summed E-state index contributed by atoms with van der Waals surface area (Å²) in [5.41, 5.74) is 4.56. The second-order valence-corrected chi connectivity index (χ2v) is 10.6. The molecule has 2 heterocycles. The highest BCUT2D eigenvalue weighted by molar-refractivity contribution is 8.15. The molecule has 2 aliphatic heterocycles. The van der Waals surface area contributed by atoms with Gasteiger partial charge in [0.25, 0.3) is 5.91 Å². The minimum Gasteiger partial charge on any atom is -0.495 e. The zero-order chi connectivity index (χ0) is 27.5. The number of methoxy groups -OCH3 is 1. The molecule has 3 N–H and O–H groups in total. The number of fused-ring (bicyclic) bond motifs is 1. The number of benzene rings is 3. The van der Waals surface area contributed by atoms with Crippen molar-refractivity contribution in [3.63, 3.8) is 0 Å². The lowest BCUT2D eigenvalue weighted by Gasteiger charge is -2.28. The van der Waals surface area contributed by atoms with E-state index in [1.54, 1.807) is 37.4 Å². The summed E-state index contributed by atoms with van der Waals surface area (Å²) in [6.45, 7) is 1.83. The number of allylic oxidation sites excluding steroid dienone is 1. The van der Waals surface area contributed by atoms with Gasteiger partial charge >= 0.3 is 6.03 Å². The number of amides is 3. The molecule has 3 aromatic rings. The van der Waals surface area contributed by atoms with Gasteiger partial charge in [0, 0.05) is 34.3 Å². The van der Waals surface area contributed by atoms with Crippen LogP contribution in [0.25, 0.3) is 0 Å². The minimum atomic E-state index is -0.441. The third kappa shape index (κ3) is 5.68. The summed E-state index contributed by atoms with van der Waals surface area (Å²) in [6, 6.07) is 21.4. The molecule has 1 unspecified atom stereocenters. The van der Waals surface area contributed by atoms with E-state index in [2.05, 4.69) is 16.0 Å². The molecule has 0 spiro atoms. The number of hydrogen-bond acceptors (Lipinski definition) is 5. The van der Waals surface area contributed by atoms with Gasteiger partial charge < -0.3 is 20.7 Å². The van der Waals surface area contributed by atoms with Gasteiger partial charge in [-0.15, -0.1) is 0 Å². The van der Waals surface area contributed by atoms with Crippen LogP contribution in [0.1, 0.15) is 18.4 Å². The summed E-state index contributed by atoms with van der Waals surface area (Å²) < 4.78 is 5.42. The fourth-order valence-corrected chi connectivity index (χ4v) is 5.97. The van der Waals surface area contributed by atoms with Crippen LogP contribution in [-0.2, 0) is 4.79 Å². The Morgan fingerprint density at radius 3 is 2.44 bits per heavy atom. The third-order valence-corrected chi connectivity index (χ3v) is 8.08. The molecule has 0 fully saturated rings. The molecule has 0 aromatic heterocycles. The maximum atomic E-state index is 13.8. The quantitative estimate of drug-likeness (QED) is 0.287. The number of urea groups is 1. The van der Waals surface area contributed by atoms with Gasteiger partial charge in [-0.1, -0.05) is 77.4 Å². The minimum absolute atomic E-state index is 0.294. The maximum Gasteiger partial charge on any atom is 0.323 e. The van der Waals surface area contributed by atoms with Crippen LogP contribution in [0, 0.1) is 0 Å². The van der Waals surface area contributed by atoms with E-state index in [1.807, 2.05) is 49.4 Å². The first-order chi connectivity index (χ1) is 18.9. The lowest BCUT2D eigenvalue weighted by atomic mass is 9.81.